The van der Waals surface area contributed by atoms with Gasteiger partial charge in [0.1, 0.15) is 4.21 Å². The highest BCUT2D eigenvalue weighted by Crippen LogP contribution is 2.16. The predicted molar refractivity (Wildman–Crippen MR) is 80.5 cm³/mol. The molecule has 0 aromatic carbocycles. The van der Waals surface area contributed by atoms with Crippen LogP contribution in [0.2, 0.25) is 0 Å². The van der Waals surface area contributed by atoms with Crippen molar-refractivity contribution in [2.24, 2.45) is 5.73 Å². The van der Waals surface area contributed by atoms with E-state index in [-0.39, 0.29) is 28.6 Å². The first-order valence-electron chi connectivity index (χ1n) is 6.00. The number of nitrogens with one attached hydrogen (secondary N) is 1. The summed E-state index contributed by atoms with van der Waals surface area (Å²) < 4.78 is 26.6. The minimum Gasteiger partial charge on any atom is -0.340 e. The van der Waals surface area contributed by atoms with Crippen LogP contribution < -0.4 is 10.5 Å². The molecule has 1 fully saturated rings. The Balaban J connectivity index is 0.00000200. The van der Waals surface area contributed by atoms with E-state index in [0.29, 0.717) is 13.1 Å². The Hall–Kier alpha value is -0.670. The van der Waals surface area contributed by atoms with Gasteiger partial charge in [-0.25, -0.2) is 8.42 Å². The highest BCUT2D eigenvalue weighted by atomic mass is 35.5. The Bertz CT molecular complexity index is 547. The Morgan fingerprint density at radius 2 is 2.30 bits per heavy atom. The summed E-state index contributed by atoms with van der Waals surface area (Å²) in [6.45, 7) is 2.63. The van der Waals surface area contributed by atoms with E-state index in [4.69, 9.17) is 5.73 Å². The molecule has 1 amide bonds. The Labute approximate surface area is 128 Å². The maximum Gasteiger partial charge on any atom is 0.250 e. The van der Waals surface area contributed by atoms with Crippen molar-refractivity contribution in [2.45, 2.75) is 29.6 Å². The molecule has 114 valence electrons. The van der Waals surface area contributed by atoms with Gasteiger partial charge in [-0.05, 0) is 24.8 Å². The number of hydrogen-bond donors (Lipinski definition) is 2. The van der Waals surface area contributed by atoms with Crippen molar-refractivity contribution >= 4 is 39.7 Å². The zero-order valence-electron chi connectivity index (χ0n) is 11.0. The van der Waals surface area contributed by atoms with Crippen LogP contribution in [0.15, 0.2) is 21.7 Å². The number of likely N-dealkylation sites (tertiary alicyclic amines) is 1. The van der Waals surface area contributed by atoms with Gasteiger partial charge in [0.15, 0.2) is 0 Å². The quantitative estimate of drug-likeness (QED) is 0.830. The van der Waals surface area contributed by atoms with E-state index in [1.54, 1.807) is 23.3 Å². The Morgan fingerprint density at radius 3 is 2.80 bits per heavy atom. The van der Waals surface area contributed by atoms with Gasteiger partial charge < -0.3 is 10.6 Å². The van der Waals surface area contributed by atoms with Crippen molar-refractivity contribution in [1.82, 2.24) is 9.62 Å². The SMILES string of the molecule is CC(NS(=O)(=O)c1cccs1)C(=O)N1CC[C@@H](N)C1.Cl. The summed E-state index contributed by atoms with van der Waals surface area (Å²) in [4.78, 5) is 13.7. The standard InChI is InChI=1S/C11H17N3O3S2.ClH/c1-8(11(15)14-5-4-9(12)7-14)13-19(16,17)10-3-2-6-18-10;/h2-3,6,8-9,13H,4-5,7,12H2,1H3;1H/t8?,9-;/m1./s1. The third-order valence-electron chi connectivity index (χ3n) is 3.00. The number of carbonyl (C=O) groups is 1. The van der Waals surface area contributed by atoms with E-state index >= 15 is 0 Å². The molecule has 1 aromatic rings. The summed E-state index contributed by atoms with van der Waals surface area (Å²) in [5, 5.41) is 1.68. The third-order valence-corrected chi connectivity index (χ3v) is 5.94. The van der Waals surface area contributed by atoms with Crippen LogP contribution in [0.4, 0.5) is 0 Å². The number of amides is 1. The molecule has 1 unspecified atom stereocenters. The van der Waals surface area contributed by atoms with Crippen LogP contribution in [0.5, 0.6) is 0 Å². The fourth-order valence-electron chi connectivity index (χ4n) is 2.02. The second kappa shape index (κ2) is 6.86. The minimum absolute atomic E-state index is 0. The van der Waals surface area contributed by atoms with Crippen LogP contribution in [-0.2, 0) is 14.8 Å². The van der Waals surface area contributed by atoms with Crippen molar-refractivity contribution < 1.29 is 13.2 Å². The molecule has 1 aromatic heterocycles. The normalized spacial score (nSPS) is 20.5. The molecule has 0 aliphatic carbocycles. The van der Waals surface area contributed by atoms with Crippen LogP contribution in [0.1, 0.15) is 13.3 Å². The van der Waals surface area contributed by atoms with E-state index in [1.807, 2.05) is 0 Å². The van der Waals surface area contributed by atoms with Crippen LogP contribution in [-0.4, -0.2) is 44.4 Å². The molecule has 2 atom stereocenters. The van der Waals surface area contributed by atoms with Crippen molar-refractivity contribution in [3.8, 4) is 0 Å². The molecule has 20 heavy (non-hydrogen) atoms. The first kappa shape index (κ1) is 17.4. The first-order chi connectivity index (χ1) is 8.90. The van der Waals surface area contributed by atoms with Crippen molar-refractivity contribution in [1.29, 1.82) is 0 Å². The number of sulfonamides is 1. The molecule has 0 bridgehead atoms. The smallest absolute Gasteiger partial charge is 0.250 e. The number of halogens is 1. The summed E-state index contributed by atoms with van der Waals surface area (Å²) >= 11 is 1.12. The predicted octanol–water partition coefficient (Wildman–Crippen LogP) is 0.396. The third kappa shape index (κ3) is 3.92. The Morgan fingerprint density at radius 1 is 1.60 bits per heavy atom. The number of thiophene rings is 1. The fourth-order valence-corrected chi connectivity index (χ4v) is 4.23. The molecule has 9 heteroatoms. The lowest BCUT2D eigenvalue weighted by Crippen LogP contribution is -2.46. The number of nitrogens with two attached hydrogens (primary N) is 1. The fraction of sp³-hybridized carbons (Fsp3) is 0.545. The molecule has 0 saturated carbocycles. The van der Waals surface area contributed by atoms with E-state index in [9.17, 15) is 13.2 Å². The summed E-state index contributed by atoms with van der Waals surface area (Å²) in [5.41, 5.74) is 5.74. The molecule has 6 nitrogen and oxygen atoms in total. The monoisotopic (exact) mass is 339 g/mol. The molecule has 2 heterocycles. The average molecular weight is 340 g/mol. The van der Waals surface area contributed by atoms with Crippen LogP contribution in [0, 0.1) is 0 Å². The number of hydrogen-bond acceptors (Lipinski definition) is 5. The highest BCUT2D eigenvalue weighted by Gasteiger charge is 2.30. The average Bonchev–Trinajstić information content (AvgIpc) is 2.97. The zero-order valence-corrected chi connectivity index (χ0v) is 13.4. The molecule has 1 saturated heterocycles. The molecular weight excluding hydrogens is 322 g/mol. The largest absolute Gasteiger partial charge is 0.340 e. The number of nitrogens with zero attached hydrogens (tertiary/aromatic N) is 1. The van der Waals surface area contributed by atoms with Gasteiger partial charge >= 0.3 is 0 Å². The maximum atomic E-state index is 12.1. The molecular formula is C11H18ClN3O3S2. The van der Waals surface area contributed by atoms with Crippen LogP contribution in [0.3, 0.4) is 0 Å². The maximum absolute atomic E-state index is 12.1. The second-order valence-corrected chi connectivity index (χ2v) is 7.50. The van der Waals surface area contributed by atoms with Crippen molar-refractivity contribution in [3.63, 3.8) is 0 Å². The summed E-state index contributed by atoms with van der Waals surface area (Å²) in [5.74, 6) is -0.229. The molecule has 1 aliphatic rings. The van der Waals surface area contributed by atoms with E-state index in [0.717, 1.165) is 17.8 Å². The Kier molecular flexibility index (Phi) is 5.96. The van der Waals surface area contributed by atoms with Gasteiger partial charge in [-0.2, -0.15) is 4.72 Å². The van der Waals surface area contributed by atoms with E-state index in [1.165, 1.54) is 6.07 Å². The lowest BCUT2D eigenvalue weighted by atomic mass is 10.3. The second-order valence-electron chi connectivity index (χ2n) is 4.61. The molecule has 2 rings (SSSR count). The van der Waals surface area contributed by atoms with Gasteiger partial charge in [0.25, 0.3) is 10.0 Å². The van der Waals surface area contributed by atoms with E-state index < -0.39 is 16.1 Å². The van der Waals surface area contributed by atoms with Gasteiger partial charge in [-0.3, -0.25) is 4.79 Å². The highest BCUT2D eigenvalue weighted by molar-refractivity contribution is 7.91. The molecule has 1 aliphatic heterocycles. The molecule has 0 spiro atoms. The summed E-state index contributed by atoms with van der Waals surface area (Å²) in [6, 6.07) is 2.38. The van der Waals surface area contributed by atoms with Gasteiger partial charge in [-0.15, -0.1) is 23.7 Å². The summed E-state index contributed by atoms with van der Waals surface area (Å²) in [6.07, 6.45) is 0.760. The van der Waals surface area contributed by atoms with Gasteiger partial charge in [0, 0.05) is 19.1 Å². The van der Waals surface area contributed by atoms with Gasteiger partial charge in [-0.1, -0.05) is 6.07 Å². The van der Waals surface area contributed by atoms with Crippen molar-refractivity contribution in [2.75, 3.05) is 13.1 Å². The van der Waals surface area contributed by atoms with Gasteiger partial charge in [0.05, 0.1) is 6.04 Å². The summed E-state index contributed by atoms with van der Waals surface area (Å²) in [7, 11) is -3.61. The van der Waals surface area contributed by atoms with Crippen molar-refractivity contribution in [3.05, 3.63) is 17.5 Å². The first-order valence-corrected chi connectivity index (χ1v) is 8.36. The molecule has 0 radical (unpaired) electrons. The van der Waals surface area contributed by atoms with Crippen LogP contribution in [0.25, 0.3) is 0 Å². The van der Waals surface area contributed by atoms with E-state index in [2.05, 4.69) is 4.72 Å². The molecule has 3 N–H and O–H groups in total. The minimum atomic E-state index is -3.61. The lowest BCUT2D eigenvalue weighted by molar-refractivity contribution is -0.131. The number of carbonyl (C=O) groups excluding carboxylic acids is 1. The van der Waals surface area contributed by atoms with Gasteiger partial charge in [0.2, 0.25) is 5.91 Å². The number of rotatable bonds is 4. The zero-order chi connectivity index (χ0) is 14.0. The topological polar surface area (TPSA) is 92.5 Å². The lowest BCUT2D eigenvalue weighted by Gasteiger charge is -2.21. The van der Waals surface area contributed by atoms with Crippen LogP contribution >= 0.6 is 23.7 Å².